The molecule has 0 amide bonds. The zero-order valence-corrected chi connectivity index (χ0v) is 17.1. The number of rotatable bonds is 0. The maximum absolute atomic E-state index is 2.36. The van der Waals surface area contributed by atoms with E-state index < -0.39 is 0 Å². The minimum absolute atomic E-state index is 0.0749. The van der Waals surface area contributed by atoms with E-state index in [0.29, 0.717) is 0 Å². The summed E-state index contributed by atoms with van der Waals surface area (Å²) in [5.74, 6) is 0. The summed E-state index contributed by atoms with van der Waals surface area (Å²) >= 11 is 0. The molecule has 1 aliphatic rings. The molecule has 0 atom stereocenters. The van der Waals surface area contributed by atoms with Gasteiger partial charge in [0.2, 0.25) is 0 Å². The fourth-order valence-corrected chi connectivity index (χ4v) is 3.89. The van der Waals surface area contributed by atoms with E-state index in [1.165, 1.54) is 44.2 Å². The van der Waals surface area contributed by atoms with Gasteiger partial charge in [0.15, 0.2) is 0 Å². The van der Waals surface area contributed by atoms with Crippen molar-refractivity contribution in [3.05, 3.63) is 70.8 Å². The zero-order chi connectivity index (χ0) is 18.8. The molecule has 0 fully saturated rings. The molecule has 3 aromatic rings. The van der Waals surface area contributed by atoms with Gasteiger partial charge in [0.05, 0.1) is 0 Å². The highest BCUT2D eigenvalue weighted by Gasteiger charge is 2.36. The molecule has 0 spiro atoms. The van der Waals surface area contributed by atoms with E-state index in [0.717, 1.165) is 0 Å². The van der Waals surface area contributed by atoms with Crippen molar-refractivity contribution in [1.82, 2.24) is 0 Å². The van der Waals surface area contributed by atoms with Crippen LogP contribution in [0.25, 0.3) is 21.9 Å². The Hall–Kier alpha value is -2.08. The molecule has 132 valence electrons. The third-order valence-corrected chi connectivity index (χ3v) is 4.94. The van der Waals surface area contributed by atoms with Crippen LogP contribution in [0.2, 0.25) is 0 Å². The first-order valence-corrected chi connectivity index (χ1v) is 9.64. The summed E-state index contributed by atoms with van der Waals surface area (Å²) < 4.78 is 0. The van der Waals surface area contributed by atoms with Crippen molar-refractivity contribution >= 4 is 10.8 Å². The van der Waals surface area contributed by atoms with E-state index in [-0.39, 0.29) is 5.41 Å². The predicted molar refractivity (Wildman–Crippen MR) is 114 cm³/mol. The molecular weight excluding hydrogens is 300 g/mol. The van der Waals surface area contributed by atoms with Crippen LogP contribution in [0.1, 0.15) is 63.8 Å². The maximum atomic E-state index is 2.36. The molecule has 0 heteroatoms. The lowest BCUT2D eigenvalue weighted by Gasteiger charge is -2.23. The molecule has 0 saturated heterocycles. The van der Waals surface area contributed by atoms with Crippen molar-refractivity contribution in [2.75, 3.05) is 0 Å². The van der Waals surface area contributed by atoms with E-state index >= 15 is 0 Å². The minimum atomic E-state index is 0.0749. The van der Waals surface area contributed by atoms with Gasteiger partial charge >= 0.3 is 0 Å². The van der Waals surface area contributed by atoms with Gasteiger partial charge < -0.3 is 0 Å². The summed E-state index contributed by atoms with van der Waals surface area (Å²) in [7, 11) is 0. The lowest BCUT2D eigenvalue weighted by molar-refractivity contribution is 0.665. The van der Waals surface area contributed by atoms with Crippen molar-refractivity contribution in [1.29, 1.82) is 0 Å². The molecule has 4 rings (SSSR count). The highest BCUT2D eigenvalue weighted by atomic mass is 14.4. The van der Waals surface area contributed by atoms with Gasteiger partial charge in [-0.2, -0.15) is 0 Å². The molecule has 0 bridgehead atoms. The Morgan fingerprint density at radius 1 is 0.640 bits per heavy atom. The van der Waals surface area contributed by atoms with Crippen molar-refractivity contribution in [2.24, 2.45) is 0 Å². The summed E-state index contributed by atoms with van der Waals surface area (Å²) in [6, 6.07) is 18.3. The van der Waals surface area contributed by atoms with Crippen LogP contribution in [0.4, 0.5) is 0 Å². The van der Waals surface area contributed by atoms with Crippen molar-refractivity contribution in [3.8, 4) is 11.1 Å². The summed E-state index contributed by atoms with van der Waals surface area (Å²) in [5, 5.41) is 2.75. The van der Waals surface area contributed by atoms with E-state index in [1.807, 2.05) is 27.7 Å². The zero-order valence-electron chi connectivity index (χ0n) is 17.1. The first-order chi connectivity index (χ1) is 12.0. The first-order valence-electron chi connectivity index (χ1n) is 9.64. The predicted octanol–water partition coefficient (Wildman–Crippen LogP) is 7.82. The van der Waals surface area contributed by atoms with Gasteiger partial charge in [-0.1, -0.05) is 101 Å². The molecule has 0 saturated carbocycles. The number of hydrogen-bond acceptors (Lipinski definition) is 0. The second kappa shape index (κ2) is 7.44. The van der Waals surface area contributed by atoms with Crippen LogP contribution in [0.5, 0.6) is 0 Å². The molecule has 3 aromatic carbocycles. The molecule has 25 heavy (non-hydrogen) atoms. The average Bonchev–Trinajstić information content (AvgIpc) is 2.86. The van der Waals surface area contributed by atoms with Gasteiger partial charge in [-0.25, -0.2) is 0 Å². The third kappa shape index (κ3) is 3.11. The summed E-state index contributed by atoms with van der Waals surface area (Å²) in [4.78, 5) is 0. The molecule has 0 heterocycles. The monoisotopic (exact) mass is 332 g/mol. The Bertz CT molecular complexity index is 882. The number of fused-ring (bicyclic) bond motifs is 5. The van der Waals surface area contributed by atoms with Crippen molar-refractivity contribution < 1.29 is 0 Å². The average molecular weight is 333 g/mol. The molecule has 0 unspecified atom stereocenters. The van der Waals surface area contributed by atoms with Crippen LogP contribution >= 0.6 is 0 Å². The molecule has 0 aliphatic heterocycles. The number of aryl methyl sites for hydroxylation is 2. The standard InChI is InChI=1S/C21H20.2C2H6/c1-13-5-8-16-15(11-13)7-10-18-17-9-6-14(2)12-19(17)21(3,4)20(16)18;2*1-2/h5-12H,1-4H3;2*1-2H3. The second-order valence-corrected chi connectivity index (χ2v) is 6.89. The van der Waals surface area contributed by atoms with Gasteiger partial charge in [-0.05, 0) is 46.9 Å². The highest BCUT2D eigenvalue weighted by molar-refractivity contribution is 5.97. The van der Waals surface area contributed by atoms with E-state index in [2.05, 4.69) is 76.2 Å². The fourth-order valence-electron chi connectivity index (χ4n) is 3.89. The molecule has 0 nitrogen and oxygen atoms in total. The Morgan fingerprint density at radius 3 is 1.88 bits per heavy atom. The van der Waals surface area contributed by atoms with Gasteiger partial charge in [-0.3, -0.25) is 0 Å². The van der Waals surface area contributed by atoms with Crippen LogP contribution in [-0.4, -0.2) is 0 Å². The molecule has 0 N–H and O–H groups in total. The highest BCUT2D eigenvalue weighted by Crippen LogP contribution is 2.51. The third-order valence-electron chi connectivity index (χ3n) is 4.94. The Balaban J connectivity index is 0.000000528. The van der Waals surface area contributed by atoms with Crippen LogP contribution in [0.15, 0.2) is 48.5 Å². The SMILES string of the molecule is CC.CC.Cc1ccc2c(c1)C(C)(C)c1c-2ccc2cc(C)ccc12. The quantitative estimate of drug-likeness (QED) is 0.393. The number of benzene rings is 3. The summed E-state index contributed by atoms with van der Waals surface area (Å²) in [6.45, 7) is 17.1. The van der Waals surface area contributed by atoms with Gasteiger partial charge in [0.1, 0.15) is 0 Å². The summed E-state index contributed by atoms with van der Waals surface area (Å²) in [5.41, 5.74) is 8.51. The fraction of sp³-hybridized carbons (Fsp3) is 0.360. The van der Waals surface area contributed by atoms with Crippen LogP contribution in [0, 0.1) is 13.8 Å². The van der Waals surface area contributed by atoms with E-state index in [1.54, 1.807) is 0 Å². The van der Waals surface area contributed by atoms with Crippen LogP contribution in [-0.2, 0) is 5.41 Å². The lowest BCUT2D eigenvalue weighted by atomic mass is 9.80. The normalized spacial score (nSPS) is 13.1. The molecule has 0 aromatic heterocycles. The molecular formula is C25H32. The van der Waals surface area contributed by atoms with Crippen molar-refractivity contribution in [3.63, 3.8) is 0 Å². The van der Waals surface area contributed by atoms with Crippen LogP contribution < -0.4 is 0 Å². The van der Waals surface area contributed by atoms with Crippen molar-refractivity contribution in [2.45, 2.75) is 60.8 Å². The molecule has 0 radical (unpaired) electrons. The van der Waals surface area contributed by atoms with Gasteiger partial charge in [-0.15, -0.1) is 0 Å². The maximum Gasteiger partial charge on any atom is 0.0165 e. The minimum Gasteiger partial charge on any atom is -0.0683 e. The molecule has 1 aliphatic carbocycles. The Morgan fingerprint density at radius 2 is 1.20 bits per heavy atom. The largest absolute Gasteiger partial charge is 0.0683 e. The Kier molecular flexibility index (Phi) is 5.72. The van der Waals surface area contributed by atoms with Crippen LogP contribution in [0.3, 0.4) is 0 Å². The lowest BCUT2D eigenvalue weighted by Crippen LogP contribution is -2.15. The van der Waals surface area contributed by atoms with Gasteiger partial charge in [0, 0.05) is 5.41 Å². The van der Waals surface area contributed by atoms with E-state index in [4.69, 9.17) is 0 Å². The van der Waals surface area contributed by atoms with E-state index in [9.17, 15) is 0 Å². The Labute approximate surface area is 153 Å². The van der Waals surface area contributed by atoms with Gasteiger partial charge in [0.25, 0.3) is 0 Å². The number of hydrogen-bond donors (Lipinski definition) is 0. The smallest absolute Gasteiger partial charge is 0.0165 e. The first kappa shape index (κ1) is 19.2. The topological polar surface area (TPSA) is 0 Å². The summed E-state index contributed by atoms with van der Waals surface area (Å²) in [6.07, 6.45) is 0. The second-order valence-electron chi connectivity index (χ2n) is 6.89.